The fraction of sp³-hybridized carbons (Fsp3) is 0.750. The Kier molecular flexibility index (Phi) is 3.28. The lowest BCUT2D eigenvalue weighted by Crippen LogP contribution is -2.47. The number of carboxylic acid groups (broad SMARTS) is 1. The molecule has 0 saturated carbocycles. The molecule has 2 rings (SSSR count). The Morgan fingerprint density at radius 1 is 1.50 bits per heavy atom. The summed E-state index contributed by atoms with van der Waals surface area (Å²) in [5.74, 6) is -1.27. The molecule has 2 aliphatic heterocycles. The van der Waals surface area contributed by atoms with Gasteiger partial charge in [0, 0.05) is 19.5 Å². The van der Waals surface area contributed by atoms with Crippen LogP contribution in [-0.2, 0) is 14.4 Å². The van der Waals surface area contributed by atoms with Crippen LogP contribution in [0.3, 0.4) is 0 Å². The third kappa shape index (κ3) is 2.63. The van der Waals surface area contributed by atoms with E-state index in [0.29, 0.717) is 13.1 Å². The number of piperidine rings is 1. The second kappa shape index (κ2) is 4.59. The summed E-state index contributed by atoms with van der Waals surface area (Å²) < 4.78 is 0. The van der Waals surface area contributed by atoms with Gasteiger partial charge in [-0.2, -0.15) is 0 Å². The van der Waals surface area contributed by atoms with Gasteiger partial charge < -0.3 is 14.8 Å². The molecular formula is C12H18N2O4. The van der Waals surface area contributed by atoms with Crippen LogP contribution in [0.2, 0.25) is 0 Å². The number of likely N-dealkylation sites (tertiary alicyclic amines) is 1. The third-order valence-electron chi connectivity index (χ3n) is 3.40. The third-order valence-corrected chi connectivity index (χ3v) is 3.40. The van der Waals surface area contributed by atoms with E-state index in [9.17, 15) is 9.59 Å². The molecule has 100 valence electrons. The van der Waals surface area contributed by atoms with Gasteiger partial charge in [-0.3, -0.25) is 4.79 Å². The highest BCUT2D eigenvalue weighted by Crippen LogP contribution is 2.29. The fourth-order valence-electron chi connectivity index (χ4n) is 2.45. The van der Waals surface area contributed by atoms with Crippen molar-refractivity contribution in [3.8, 4) is 0 Å². The van der Waals surface area contributed by atoms with E-state index in [0.717, 1.165) is 12.8 Å². The summed E-state index contributed by atoms with van der Waals surface area (Å²) in [6.07, 6.45) is 1.37. The number of carboxylic acids is 1. The molecule has 0 bridgehead atoms. The van der Waals surface area contributed by atoms with Crippen molar-refractivity contribution in [2.45, 2.75) is 39.2 Å². The van der Waals surface area contributed by atoms with Gasteiger partial charge in [0.25, 0.3) is 5.91 Å². The number of rotatable bonds is 2. The molecule has 0 aromatic rings. The summed E-state index contributed by atoms with van der Waals surface area (Å²) in [6, 6.07) is 0. The molecule has 2 heterocycles. The molecule has 0 radical (unpaired) electrons. The normalized spacial score (nSPS) is 26.4. The van der Waals surface area contributed by atoms with E-state index in [1.807, 2.05) is 0 Å². The van der Waals surface area contributed by atoms with Crippen molar-refractivity contribution in [3.05, 3.63) is 0 Å². The number of amides is 1. The first-order valence-corrected chi connectivity index (χ1v) is 6.14. The molecule has 1 N–H and O–H groups in total. The minimum Gasteiger partial charge on any atom is -0.477 e. The van der Waals surface area contributed by atoms with Crippen molar-refractivity contribution in [3.63, 3.8) is 0 Å². The molecule has 18 heavy (non-hydrogen) atoms. The van der Waals surface area contributed by atoms with Gasteiger partial charge in [0.1, 0.15) is 0 Å². The SMILES string of the molecule is CC1(C)CCCN(C(=O)C2CC(C(=O)O)=NO2)C1. The minimum absolute atomic E-state index is 0.0606. The van der Waals surface area contributed by atoms with Crippen LogP contribution in [0.1, 0.15) is 33.1 Å². The molecule has 6 nitrogen and oxygen atoms in total. The van der Waals surface area contributed by atoms with Gasteiger partial charge in [-0.1, -0.05) is 19.0 Å². The second-order valence-electron chi connectivity index (χ2n) is 5.67. The summed E-state index contributed by atoms with van der Waals surface area (Å²) >= 11 is 0. The molecule has 1 amide bonds. The molecule has 0 aromatic heterocycles. The number of nitrogens with zero attached hydrogens (tertiary/aromatic N) is 2. The van der Waals surface area contributed by atoms with Crippen molar-refractivity contribution >= 4 is 17.6 Å². The van der Waals surface area contributed by atoms with Crippen molar-refractivity contribution in [2.75, 3.05) is 13.1 Å². The lowest BCUT2D eigenvalue weighted by Gasteiger charge is -2.38. The molecule has 1 unspecified atom stereocenters. The zero-order valence-corrected chi connectivity index (χ0v) is 10.7. The average molecular weight is 254 g/mol. The molecule has 0 spiro atoms. The van der Waals surface area contributed by atoms with Gasteiger partial charge in [-0.15, -0.1) is 0 Å². The van der Waals surface area contributed by atoms with Crippen LogP contribution in [0, 0.1) is 5.41 Å². The zero-order chi connectivity index (χ0) is 13.3. The predicted octanol–water partition coefficient (Wildman–Crippen LogP) is 0.865. The first kappa shape index (κ1) is 12.9. The van der Waals surface area contributed by atoms with Crippen LogP contribution in [0.5, 0.6) is 0 Å². The van der Waals surface area contributed by atoms with E-state index in [1.54, 1.807) is 4.90 Å². The van der Waals surface area contributed by atoms with Gasteiger partial charge in [0.05, 0.1) is 0 Å². The van der Waals surface area contributed by atoms with Crippen LogP contribution >= 0.6 is 0 Å². The van der Waals surface area contributed by atoms with Crippen LogP contribution in [0.15, 0.2) is 5.16 Å². The summed E-state index contributed by atoms with van der Waals surface area (Å²) in [5, 5.41) is 12.2. The number of carbonyl (C=O) groups excluding carboxylic acids is 1. The maximum absolute atomic E-state index is 12.2. The molecule has 1 saturated heterocycles. The highest BCUT2D eigenvalue weighted by Gasteiger charge is 2.37. The Hall–Kier alpha value is -1.59. The minimum atomic E-state index is -1.12. The quantitative estimate of drug-likeness (QED) is 0.792. The Bertz CT molecular complexity index is 403. The largest absolute Gasteiger partial charge is 0.477 e. The van der Waals surface area contributed by atoms with Crippen molar-refractivity contribution in [2.24, 2.45) is 10.6 Å². The number of oxime groups is 1. The molecular weight excluding hydrogens is 236 g/mol. The summed E-state index contributed by atoms with van der Waals surface area (Å²) in [4.78, 5) is 29.6. The molecule has 2 aliphatic rings. The summed E-state index contributed by atoms with van der Waals surface area (Å²) in [7, 11) is 0. The highest BCUT2D eigenvalue weighted by atomic mass is 16.6. The molecule has 1 fully saturated rings. The number of aliphatic carboxylic acids is 1. The predicted molar refractivity (Wildman–Crippen MR) is 64.2 cm³/mol. The number of hydrogen-bond donors (Lipinski definition) is 1. The molecule has 6 heteroatoms. The standard InChI is InChI=1S/C12H18N2O4/c1-12(2)4-3-5-14(7-12)10(15)9-6-8(11(16)17)13-18-9/h9H,3-7H2,1-2H3,(H,16,17). The van der Waals surface area contributed by atoms with Crippen LogP contribution in [0.4, 0.5) is 0 Å². The maximum Gasteiger partial charge on any atom is 0.353 e. The lowest BCUT2D eigenvalue weighted by molar-refractivity contribution is -0.145. The van der Waals surface area contributed by atoms with E-state index < -0.39 is 12.1 Å². The Balaban J connectivity index is 1.95. The molecule has 0 aromatic carbocycles. The van der Waals surface area contributed by atoms with Gasteiger partial charge in [-0.25, -0.2) is 4.79 Å². The smallest absolute Gasteiger partial charge is 0.353 e. The van der Waals surface area contributed by atoms with Gasteiger partial charge in [0.2, 0.25) is 6.10 Å². The highest BCUT2D eigenvalue weighted by molar-refractivity contribution is 6.36. The van der Waals surface area contributed by atoms with E-state index in [4.69, 9.17) is 9.94 Å². The first-order chi connectivity index (χ1) is 8.39. The molecule has 1 atom stereocenters. The van der Waals surface area contributed by atoms with Crippen molar-refractivity contribution < 1.29 is 19.5 Å². The van der Waals surface area contributed by atoms with Crippen molar-refractivity contribution in [1.82, 2.24) is 4.90 Å². The monoisotopic (exact) mass is 254 g/mol. The fourth-order valence-corrected chi connectivity index (χ4v) is 2.45. The number of hydrogen-bond acceptors (Lipinski definition) is 4. The van der Waals surface area contributed by atoms with Crippen molar-refractivity contribution in [1.29, 1.82) is 0 Å². The Labute approximate surface area is 106 Å². The van der Waals surface area contributed by atoms with E-state index >= 15 is 0 Å². The van der Waals surface area contributed by atoms with Gasteiger partial charge in [-0.05, 0) is 18.3 Å². The van der Waals surface area contributed by atoms with Crippen LogP contribution in [0.25, 0.3) is 0 Å². The van der Waals surface area contributed by atoms with Crippen LogP contribution in [-0.4, -0.2) is 46.8 Å². The second-order valence-corrected chi connectivity index (χ2v) is 5.67. The number of carbonyl (C=O) groups is 2. The first-order valence-electron chi connectivity index (χ1n) is 6.14. The topological polar surface area (TPSA) is 79.2 Å². The van der Waals surface area contributed by atoms with Gasteiger partial charge in [0.15, 0.2) is 5.71 Å². The van der Waals surface area contributed by atoms with Gasteiger partial charge >= 0.3 is 5.97 Å². The maximum atomic E-state index is 12.2. The summed E-state index contributed by atoms with van der Waals surface area (Å²) in [6.45, 7) is 5.65. The Morgan fingerprint density at radius 3 is 2.78 bits per heavy atom. The zero-order valence-electron chi connectivity index (χ0n) is 10.7. The lowest BCUT2D eigenvalue weighted by atomic mass is 9.84. The van der Waals surface area contributed by atoms with E-state index in [-0.39, 0.29) is 23.5 Å². The average Bonchev–Trinajstić information content (AvgIpc) is 2.76. The van der Waals surface area contributed by atoms with Crippen LogP contribution < -0.4 is 0 Å². The Morgan fingerprint density at radius 2 is 2.22 bits per heavy atom. The van der Waals surface area contributed by atoms with E-state index in [2.05, 4.69) is 19.0 Å². The van der Waals surface area contributed by atoms with E-state index in [1.165, 1.54) is 0 Å². The molecule has 0 aliphatic carbocycles. The summed E-state index contributed by atoms with van der Waals surface area (Å²) in [5.41, 5.74) is 0.0350.